The smallest absolute Gasteiger partial charge is 0.326 e. The van der Waals surface area contributed by atoms with Crippen LogP contribution in [0.15, 0.2) is 0 Å². The van der Waals surface area contributed by atoms with Crippen molar-refractivity contribution < 1.29 is 19.5 Å². The van der Waals surface area contributed by atoms with Gasteiger partial charge in [-0.25, -0.2) is 4.79 Å². The Balaban J connectivity index is 2.44. The molecule has 1 aliphatic rings. The van der Waals surface area contributed by atoms with E-state index in [9.17, 15) is 14.4 Å². The first-order valence-electron chi connectivity index (χ1n) is 7.01. The van der Waals surface area contributed by atoms with Crippen molar-refractivity contribution in [2.75, 3.05) is 18.6 Å². The standard InChI is InChI=1S/C13H23N3O4S/c1-8(15-12(18)9-4-3-6-14-9)11(17)16-10(13(19)20)5-7-21-2/h8-10,14H,3-7H2,1-2H3,(H,15,18)(H,16,17)(H,19,20)/t8-,9-,10-/m0/s1. The Bertz CT molecular complexity index is 386. The number of carbonyl (C=O) groups is 3. The fraction of sp³-hybridized carbons (Fsp3) is 0.769. The fourth-order valence-electron chi connectivity index (χ4n) is 2.08. The minimum Gasteiger partial charge on any atom is -0.480 e. The zero-order valence-corrected chi connectivity index (χ0v) is 13.2. The molecule has 1 heterocycles. The Morgan fingerprint density at radius 2 is 2.10 bits per heavy atom. The van der Waals surface area contributed by atoms with E-state index >= 15 is 0 Å². The van der Waals surface area contributed by atoms with Gasteiger partial charge < -0.3 is 21.1 Å². The summed E-state index contributed by atoms with van der Waals surface area (Å²) in [6.07, 6.45) is 3.92. The third-order valence-corrected chi connectivity index (χ3v) is 4.00. The first-order valence-corrected chi connectivity index (χ1v) is 8.41. The van der Waals surface area contributed by atoms with E-state index in [-0.39, 0.29) is 11.9 Å². The quantitative estimate of drug-likeness (QED) is 0.484. The second kappa shape index (κ2) is 8.89. The largest absolute Gasteiger partial charge is 0.480 e. The fourth-order valence-corrected chi connectivity index (χ4v) is 2.55. The van der Waals surface area contributed by atoms with Crippen molar-refractivity contribution in [2.45, 2.75) is 44.3 Å². The molecule has 0 aromatic rings. The Morgan fingerprint density at radius 1 is 1.38 bits per heavy atom. The molecule has 120 valence electrons. The summed E-state index contributed by atoms with van der Waals surface area (Å²) in [6, 6.07) is -1.93. The number of carbonyl (C=O) groups excluding carboxylic acids is 2. The molecule has 1 aliphatic heterocycles. The van der Waals surface area contributed by atoms with Crippen LogP contribution < -0.4 is 16.0 Å². The SMILES string of the molecule is CSCC[C@H](NC(=O)[C@H](C)NC(=O)[C@@H]1CCCN1)C(=O)O. The second-order valence-electron chi connectivity index (χ2n) is 5.06. The first kappa shape index (κ1) is 17.8. The van der Waals surface area contributed by atoms with E-state index in [0.717, 1.165) is 19.4 Å². The molecular formula is C13H23N3O4S. The highest BCUT2D eigenvalue weighted by molar-refractivity contribution is 7.98. The van der Waals surface area contributed by atoms with Crippen molar-refractivity contribution in [3.05, 3.63) is 0 Å². The predicted octanol–water partition coefficient (Wildman–Crippen LogP) is -0.434. The molecule has 2 amide bonds. The zero-order valence-electron chi connectivity index (χ0n) is 12.3. The molecular weight excluding hydrogens is 294 g/mol. The predicted molar refractivity (Wildman–Crippen MR) is 81.2 cm³/mol. The van der Waals surface area contributed by atoms with E-state index in [1.807, 2.05) is 6.26 Å². The van der Waals surface area contributed by atoms with Gasteiger partial charge in [0, 0.05) is 0 Å². The van der Waals surface area contributed by atoms with Crippen LogP contribution in [-0.2, 0) is 14.4 Å². The van der Waals surface area contributed by atoms with Crippen LogP contribution >= 0.6 is 11.8 Å². The molecule has 21 heavy (non-hydrogen) atoms. The third kappa shape index (κ3) is 5.92. The van der Waals surface area contributed by atoms with Crippen LogP contribution in [0.3, 0.4) is 0 Å². The average Bonchev–Trinajstić information content (AvgIpc) is 2.96. The number of aliphatic carboxylic acids is 1. The van der Waals surface area contributed by atoms with E-state index in [0.29, 0.717) is 12.2 Å². The van der Waals surface area contributed by atoms with Crippen LogP contribution in [0.5, 0.6) is 0 Å². The number of hydrogen-bond acceptors (Lipinski definition) is 5. The molecule has 0 aromatic heterocycles. The minimum atomic E-state index is -1.06. The van der Waals surface area contributed by atoms with Crippen molar-refractivity contribution in [1.29, 1.82) is 0 Å². The second-order valence-corrected chi connectivity index (χ2v) is 6.05. The lowest BCUT2D eigenvalue weighted by molar-refractivity contribution is -0.142. The molecule has 3 atom stereocenters. The maximum absolute atomic E-state index is 12.0. The van der Waals surface area contributed by atoms with Gasteiger partial charge in [-0.15, -0.1) is 0 Å². The normalized spacial score (nSPS) is 20.6. The van der Waals surface area contributed by atoms with Gasteiger partial charge in [0.1, 0.15) is 12.1 Å². The summed E-state index contributed by atoms with van der Waals surface area (Å²) in [7, 11) is 0. The van der Waals surface area contributed by atoms with Gasteiger partial charge in [-0.1, -0.05) is 0 Å². The van der Waals surface area contributed by atoms with Gasteiger partial charge in [0.2, 0.25) is 11.8 Å². The van der Waals surface area contributed by atoms with Crippen molar-refractivity contribution >= 4 is 29.5 Å². The Labute approximate surface area is 128 Å². The molecule has 8 heteroatoms. The Hall–Kier alpha value is -1.28. The molecule has 7 nitrogen and oxygen atoms in total. The number of thioether (sulfide) groups is 1. The van der Waals surface area contributed by atoms with E-state index in [2.05, 4.69) is 16.0 Å². The van der Waals surface area contributed by atoms with E-state index < -0.39 is 24.0 Å². The monoisotopic (exact) mass is 317 g/mol. The van der Waals surface area contributed by atoms with Crippen LogP contribution in [0, 0.1) is 0 Å². The molecule has 0 aromatic carbocycles. The molecule has 1 saturated heterocycles. The summed E-state index contributed by atoms with van der Waals surface area (Å²) in [5, 5.41) is 17.2. The summed E-state index contributed by atoms with van der Waals surface area (Å²) >= 11 is 1.52. The summed E-state index contributed by atoms with van der Waals surface area (Å²) in [6.45, 7) is 2.35. The summed E-state index contributed by atoms with van der Waals surface area (Å²) in [5.41, 5.74) is 0. The van der Waals surface area contributed by atoms with Gasteiger partial charge in [-0.3, -0.25) is 9.59 Å². The van der Waals surface area contributed by atoms with Gasteiger partial charge in [-0.05, 0) is 44.7 Å². The Morgan fingerprint density at radius 3 is 2.62 bits per heavy atom. The van der Waals surface area contributed by atoms with E-state index in [1.165, 1.54) is 11.8 Å². The zero-order chi connectivity index (χ0) is 15.8. The molecule has 0 aliphatic carbocycles. The summed E-state index contributed by atoms with van der Waals surface area (Å²) < 4.78 is 0. The molecule has 0 bridgehead atoms. The molecule has 4 N–H and O–H groups in total. The molecule has 1 rings (SSSR count). The number of carboxylic acid groups (broad SMARTS) is 1. The van der Waals surface area contributed by atoms with Gasteiger partial charge >= 0.3 is 5.97 Å². The molecule has 0 unspecified atom stereocenters. The van der Waals surface area contributed by atoms with Crippen molar-refractivity contribution in [3.63, 3.8) is 0 Å². The maximum atomic E-state index is 12.0. The van der Waals surface area contributed by atoms with Crippen molar-refractivity contribution in [3.8, 4) is 0 Å². The van der Waals surface area contributed by atoms with E-state index in [4.69, 9.17) is 5.11 Å². The number of carboxylic acids is 1. The highest BCUT2D eigenvalue weighted by Crippen LogP contribution is 2.05. The first-order chi connectivity index (χ1) is 9.95. The van der Waals surface area contributed by atoms with Crippen LogP contribution in [0.25, 0.3) is 0 Å². The molecule has 0 radical (unpaired) electrons. The van der Waals surface area contributed by atoms with Crippen LogP contribution in [0.4, 0.5) is 0 Å². The van der Waals surface area contributed by atoms with Crippen molar-refractivity contribution in [2.24, 2.45) is 0 Å². The van der Waals surface area contributed by atoms with Crippen LogP contribution in [0.1, 0.15) is 26.2 Å². The van der Waals surface area contributed by atoms with Gasteiger partial charge in [0.05, 0.1) is 6.04 Å². The average molecular weight is 317 g/mol. The molecule has 1 fully saturated rings. The van der Waals surface area contributed by atoms with Gasteiger partial charge in [0.25, 0.3) is 0 Å². The molecule has 0 saturated carbocycles. The van der Waals surface area contributed by atoms with Crippen LogP contribution in [-0.4, -0.2) is 59.6 Å². The lowest BCUT2D eigenvalue weighted by Crippen LogP contribution is -2.53. The minimum absolute atomic E-state index is 0.217. The highest BCUT2D eigenvalue weighted by Gasteiger charge is 2.27. The highest BCUT2D eigenvalue weighted by atomic mass is 32.2. The Kier molecular flexibility index (Phi) is 7.52. The summed E-state index contributed by atoms with van der Waals surface area (Å²) in [5.74, 6) is -1.11. The molecule has 0 spiro atoms. The summed E-state index contributed by atoms with van der Waals surface area (Å²) in [4.78, 5) is 34.9. The number of nitrogens with one attached hydrogen (secondary N) is 3. The maximum Gasteiger partial charge on any atom is 0.326 e. The van der Waals surface area contributed by atoms with Crippen molar-refractivity contribution in [1.82, 2.24) is 16.0 Å². The topological polar surface area (TPSA) is 108 Å². The van der Waals surface area contributed by atoms with E-state index in [1.54, 1.807) is 6.92 Å². The lowest BCUT2D eigenvalue weighted by Gasteiger charge is -2.20. The lowest BCUT2D eigenvalue weighted by atomic mass is 10.2. The van der Waals surface area contributed by atoms with Gasteiger partial charge in [0.15, 0.2) is 0 Å². The third-order valence-electron chi connectivity index (χ3n) is 3.35. The number of hydrogen-bond donors (Lipinski definition) is 4. The van der Waals surface area contributed by atoms with Crippen LogP contribution in [0.2, 0.25) is 0 Å². The number of rotatable bonds is 8. The number of amides is 2. The van der Waals surface area contributed by atoms with Gasteiger partial charge in [-0.2, -0.15) is 11.8 Å².